The molecule has 0 aliphatic heterocycles. The first-order valence-electron chi connectivity index (χ1n) is 11.2. The van der Waals surface area contributed by atoms with Gasteiger partial charge in [-0.3, -0.25) is 14.9 Å². The van der Waals surface area contributed by atoms with Crippen molar-refractivity contribution >= 4 is 40.4 Å². The highest BCUT2D eigenvalue weighted by Crippen LogP contribution is 2.29. The number of furan rings is 1. The summed E-state index contributed by atoms with van der Waals surface area (Å²) in [6.07, 6.45) is 1.41. The zero-order chi connectivity index (χ0) is 26.2. The summed E-state index contributed by atoms with van der Waals surface area (Å²) in [4.78, 5) is 34.5. The van der Waals surface area contributed by atoms with Crippen LogP contribution < -0.4 is 20.2 Å². The number of fused-ring (bicyclic) bond motifs is 1. The molecule has 0 bridgehead atoms. The Labute approximate surface area is 210 Å². The Morgan fingerprint density at radius 3 is 2.59 bits per heavy atom. The topological polar surface area (TPSA) is 145 Å². The number of ether oxygens (including phenoxy) is 2. The van der Waals surface area contributed by atoms with Crippen molar-refractivity contribution < 1.29 is 28.4 Å². The van der Waals surface area contributed by atoms with E-state index in [1.807, 2.05) is 42.5 Å². The maximum atomic E-state index is 12.3. The van der Waals surface area contributed by atoms with E-state index in [1.54, 1.807) is 19.1 Å². The summed E-state index contributed by atoms with van der Waals surface area (Å²) in [5.74, 6) is -1.82. The number of hydrogen-bond acceptors (Lipinski definition) is 9. The van der Waals surface area contributed by atoms with Gasteiger partial charge in [-0.1, -0.05) is 30.3 Å². The van der Waals surface area contributed by atoms with E-state index in [9.17, 15) is 19.7 Å². The first-order valence-corrected chi connectivity index (χ1v) is 11.2. The molecule has 0 unspecified atom stereocenters. The number of rotatable bonds is 10. The van der Waals surface area contributed by atoms with Crippen LogP contribution >= 0.6 is 0 Å². The number of benzene rings is 3. The quantitative estimate of drug-likeness (QED) is 0.106. The average Bonchev–Trinajstić information content (AvgIpc) is 3.40. The molecule has 0 aliphatic carbocycles. The van der Waals surface area contributed by atoms with Crippen LogP contribution in [0.2, 0.25) is 0 Å². The molecule has 0 aliphatic rings. The van der Waals surface area contributed by atoms with Crippen LogP contribution in [0.4, 0.5) is 11.6 Å². The largest absolute Gasteiger partial charge is 0.490 e. The highest BCUT2D eigenvalue weighted by molar-refractivity contribution is 5.90. The van der Waals surface area contributed by atoms with Gasteiger partial charge in [0, 0.05) is 5.69 Å². The van der Waals surface area contributed by atoms with E-state index in [-0.39, 0.29) is 36.3 Å². The fraction of sp³-hybridized carbons (Fsp3) is 0.115. The van der Waals surface area contributed by atoms with Gasteiger partial charge in [-0.05, 0) is 59.7 Å². The van der Waals surface area contributed by atoms with Crippen molar-refractivity contribution in [3.05, 3.63) is 94.2 Å². The minimum atomic E-state index is -0.915. The van der Waals surface area contributed by atoms with Crippen LogP contribution in [0, 0.1) is 10.1 Å². The predicted molar refractivity (Wildman–Crippen MR) is 136 cm³/mol. The van der Waals surface area contributed by atoms with Gasteiger partial charge >= 0.3 is 11.9 Å². The second kappa shape index (κ2) is 11.5. The standard InChI is InChI=1S/C26H22N4O7/c1-2-35-23-13-17(7-10-21(23)37-26(32)22-11-12-25(36-22)30(33)34)15-28-29-24(31)16-27-20-9-8-18-5-3-4-6-19(18)14-20/h3-15,27H,2,16H2,1H3,(H,29,31)/b28-15+. The monoisotopic (exact) mass is 502 g/mol. The number of hydrogen-bond donors (Lipinski definition) is 2. The van der Waals surface area contributed by atoms with Crippen molar-refractivity contribution in [1.29, 1.82) is 0 Å². The van der Waals surface area contributed by atoms with E-state index in [4.69, 9.17) is 13.9 Å². The Morgan fingerprint density at radius 1 is 1.03 bits per heavy atom. The predicted octanol–water partition coefficient (Wildman–Crippen LogP) is 4.52. The lowest BCUT2D eigenvalue weighted by molar-refractivity contribution is -0.402. The van der Waals surface area contributed by atoms with Gasteiger partial charge in [0.1, 0.15) is 4.92 Å². The Balaban J connectivity index is 1.34. The van der Waals surface area contributed by atoms with Crippen LogP contribution in [0.25, 0.3) is 10.8 Å². The Bertz CT molecular complexity index is 1480. The molecule has 4 rings (SSSR count). The molecule has 11 nitrogen and oxygen atoms in total. The molecule has 1 heterocycles. The SMILES string of the molecule is CCOc1cc(/C=N/NC(=O)CNc2ccc3ccccc3c2)ccc1OC(=O)c1ccc([N+](=O)[O-])o1. The van der Waals surface area contributed by atoms with E-state index in [2.05, 4.69) is 15.8 Å². The number of nitrogens with zero attached hydrogens (tertiary/aromatic N) is 2. The summed E-state index contributed by atoms with van der Waals surface area (Å²) in [5, 5.41) is 19.9. The Kier molecular flexibility index (Phi) is 7.74. The van der Waals surface area contributed by atoms with Crippen LogP contribution in [0.15, 0.2) is 82.3 Å². The zero-order valence-corrected chi connectivity index (χ0v) is 19.7. The molecule has 0 saturated carbocycles. The number of hydrazone groups is 1. The third-order valence-electron chi connectivity index (χ3n) is 5.05. The van der Waals surface area contributed by atoms with Crippen molar-refractivity contribution in [2.75, 3.05) is 18.5 Å². The highest BCUT2D eigenvalue weighted by atomic mass is 16.7. The number of carbonyl (C=O) groups excluding carboxylic acids is 2. The summed E-state index contributed by atoms with van der Waals surface area (Å²) < 4.78 is 15.7. The van der Waals surface area contributed by atoms with Crippen LogP contribution in [0.5, 0.6) is 11.5 Å². The van der Waals surface area contributed by atoms with Gasteiger partial charge in [-0.2, -0.15) is 5.10 Å². The third kappa shape index (κ3) is 6.48. The lowest BCUT2D eigenvalue weighted by Crippen LogP contribution is -2.25. The maximum Gasteiger partial charge on any atom is 0.433 e. The number of amides is 1. The zero-order valence-electron chi connectivity index (χ0n) is 19.7. The van der Waals surface area contributed by atoms with Gasteiger partial charge in [0.25, 0.3) is 5.91 Å². The number of anilines is 1. The molecule has 188 valence electrons. The van der Waals surface area contributed by atoms with E-state index < -0.39 is 16.8 Å². The first kappa shape index (κ1) is 24.9. The van der Waals surface area contributed by atoms with Crippen molar-refractivity contribution in [2.45, 2.75) is 6.92 Å². The molecular weight excluding hydrogens is 480 g/mol. The van der Waals surface area contributed by atoms with Gasteiger partial charge in [0.15, 0.2) is 11.5 Å². The summed E-state index contributed by atoms with van der Waals surface area (Å²) in [7, 11) is 0. The van der Waals surface area contributed by atoms with Crippen molar-refractivity contribution in [3.8, 4) is 11.5 Å². The molecule has 0 radical (unpaired) electrons. The number of carbonyl (C=O) groups is 2. The number of esters is 1. The van der Waals surface area contributed by atoms with Crippen LogP contribution in [0.1, 0.15) is 23.0 Å². The fourth-order valence-electron chi connectivity index (χ4n) is 3.34. The minimum Gasteiger partial charge on any atom is -0.490 e. The smallest absolute Gasteiger partial charge is 0.433 e. The minimum absolute atomic E-state index is 0.0275. The van der Waals surface area contributed by atoms with Crippen molar-refractivity contribution in [2.24, 2.45) is 5.10 Å². The Hall–Kier alpha value is -5.19. The molecule has 11 heteroatoms. The van der Waals surface area contributed by atoms with E-state index in [0.29, 0.717) is 5.56 Å². The maximum absolute atomic E-state index is 12.3. The second-order valence-corrected chi connectivity index (χ2v) is 7.63. The highest BCUT2D eigenvalue weighted by Gasteiger charge is 2.20. The number of nitrogens with one attached hydrogen (secondary N) is 2. The van der Waals surface area contributed by atoms with Gasteiger partial charge in [0.05, 0.1) is 25.4 Å². The van der Waals surface area contributed by atoms with Crippen LogP contribution in [-0.4, -0.2) is 36.2 Å². The van der Waals surface area contributed by atoms with Gasteiger partial charge in [-0.25, -0.2) is 10.2 Å². The molecule has 0 saturated heterocycles. The lowest BCUT2D eigenvalue weighted by Gasteiger charge is -2.10. The van der Waals surface area contributed by atoms with Gasteiger partial charge in [0.2, 0.25) is 5.76 Å². The molecule has 37 heavy (non-hydrogen) atoms. The van der Waals surface area contributed by atoms with E-state index in [1.165, 1.54) is 12.3 Å². The molecule has 0 fully saturated rings. The molecule has 0 spiro atoms. The van der Waals surface area contributed by atoms with Crippen molar-refractivity contribution in [3.63, 3.8) is 0 Å². The normalized spacial score (nSPS) is 10.8. The molecule has 2 N–H and O–H groups in total. The summed E-state index contributed by atoms with van der Waals surface area (Å²) in [6, 6.07) is 20.6. The first-order chi connectivity index (χ1) is 17.9. The molecule has 3 aromatic carbocycles. The summed E-state index contributed by atoms with van der Waals surface area (Å²) >= 11 is 0. The molecular formula is C26H22N4O7. The summed E-state index contributed by atoms with van der Waals surface area (Å²) in [6.45, 7) is 2.07. The molecule has 0 atom stereocenters. The molecule has 1 amide bonds. The third-order valence-corrected chi connectivity index (χ3v) is 5.05. The van der Waals surface area contributed by atoms with E-state index >= 15 is 0 Å². The fourth-order valence-corrected chi connectivity index (χ4v) is 3.34. The van der Waals surface area contributed by atoms with Crippen LogP contribution in [-0.2, 0) is 4.79 Å². The van der Waals surface area contributed by atoms with Crippen LogP contribution in [0.3, 0.4) is 0 Å². The van der Waals surface area contributed by atoms with E-state index in [0.717, 1.165) is 28.6 Å². The lowest BCUT2D eigenvalue weighted by atomic mass is 10.1. The molecule has 4 aromatic rings. The second-order valence-electron chi connectivity index (χ2n) is 7.63. The number of nitro groups is 1. The average molecular weight is 502 g/mol. The summed E-state index contributed by atoms with van der Waals surface area (Å²) in [5.41, 5.74) is 3.83. The molecule has 1 aromatic heterocycles. The Morgan fingerprint density at radius 2 is 1.84 bits per heavy atom. The van der Waals surface area contributed by atoms with Gasteiger partial charge < -0.3 is 19.2 Å². The van der Waals surface area contributed by atoms with Crippen molar-refractivity contribution in [1.82, 2.24) is 5.43 Å². The van der Waals surface area contributed by atoms with Gasteiger partial charge in [-0.15, -0.1) is 0 Å².